The first-order valence-corrected chi connectivity index (χ1v) is 7.24. The lowest BCUT2D eigenvalue weighted by atomic mass is 9.86. The molecule has 0 saturated carbocycles. The van der Waals surface area contributed by atoms with Gasteiger partial charge in [0.2, 0.25) is 0 Å². The Hall–Kier alpha value is -1.28. The maximum atomic E-state index is 5.84. The molecule has 19 heavy (non-hydrogen) atoms. The van der Waals surface area contributed by atoms with Crippen molar-refractivity contribution in [2.45, 2.75) is 46.0 Å². The Balaban J connectivity index is 2.24. The largest absolute Gasteiger partial charge is 0.464 e. The highest BCUT2D eigenvalue weighted by atomic mass is 16.3. The molecule has 0 unspecified atom stereocenters. The van der Waals surface area contributed by atoms with E-state index in [0.29, 0.717) is 0 Å². The van der Waals surface area contributed by atoms with Crippen molar-refractivity contribution >= 4 is 11.0 Å². The van der Waals surface area contributed by atoms with Crippen LogP contribution in [0.15, 0.2) is 28.9 Å². The topological polar surface area (TPSA) is 25.2 Å². The van der Waals surface area contributed by atoms with Gasteiger partial charge in [-0.2, -0.15) is 0 Å². The molecule has 0 amide bonds. The van der Waals surface area contributed by atoms with Gasteiger partial charge in [0.1, 0.15) is 5.58 Å². The van der Waals surface area contributed by atoms with E-state index in [4.69, 9.17) is 4.42 Å². The first-order valence-electron chi connectivity index (χ1n) is 7.24. The lowest BCUT2D eigenvalue weighted by molar-refractivity contribution is 0.556. The Morgan fingerprint density at radius 2 is 1.95 bits per heavy atom. The minimum Gasteiger partial charge on any atom is -0.464 e. The van der Waals surface area contributed by atoms with Crippen molar-refractivity contribution in [2.24, 2.45) is 0 Å². The molecule has 2 heteroatoms. The third-order valence-electron chi connectivity index (χ3n) is 3.49. The smallest absolute Gasteiger partial charge is 0.137 e. The summed E-state index contributed by atoms with van der Waals surface area (Å²) in [4.78, 5) is 0. The van der Waals surface area contributed by atoms with E-state index in [1.165, 1.54) is 22.9 Å². The lowest BCUT2D eigenvalue weighted by Gasteiger charge is -2.18. The van der Waals surface area contributed by atoms with Crippen molar-refractivity contribution in [1.29, 1.82) is 0 Å². The predicted molar refractivity (Wildman–Crippen MR) is 81.8 cm³/mol. The second-order valence-corrected chi connectivity index (χ2v) is 6.19. The van der Waals surface area contributed by atoms with E-state index in [0.717, 1.165) is 25.1 Å². The van der Waals surface area contributed by atoms with Crippen molar-refractivity contribution in [3.63, 3.8) is 0 Å². The number of para-hydroxylation sites is 1. The molecule has 0 saturated heterocycles. The summed E-state index contributed by atoms with van der Waals surface area (Å²) >= 11 is 0. The number of fused-ring (bicyclic) bond motifs is 1. The molecule has 0 aliphatic rings. The van der Waals surface area contributed by atoms with Gasteiger partial charge in [0.15, 0.2) is 0 Å². The van der Waals surface area contributed by atoms with E-state index < -0.39 is 0 Å². The molecule has 0 atom stereocenters. The zero-order valence-electron chi connectivity index (χ0n) is 12.5. The van der Waals surface area contributed by atoms with Crippen molar-refractivity contribution in [3.05, 3.63) is 35.6 Å². The maximum Gasteiger partial charge on any atom is 0.137 e. The summed E-state index contributed by atoms with van der Waals surface area (Å²) < 4.78 is 5.84. The van der Waals surface area contributed by atoms with E-state index in [1.807, 2.05) is 6.26 Å². The Kier molecular flexibility index (Phi) is 4.31. The predicted octanol–water partition coefficient (Wildman–Crippen LogP) is 4.27. The molecule has 104 valence electrons. The Morgan fingerprint density at radius 3 is 2.63 bits per heavy atom. The summed E-state index contributed by atoms with van der Waals surface area (Å²) in [6, 6.07) is 6.48. The number of rotatable bonds is 5. The Bertz CT molecular complexity index is 534. The van der Waals surface area contributed by atoms with E-state index in [-0.39, 0.29) is 5.41 Å². The van der Waals surface area contributed by atoms with Crippen LogP contribution in [-0.4, -0.2) is 13.1 Å². The van der Waals surface area contributed by atoms with E-state index >= 15 is 0 Å². The van der Waals surface area contributed by atoms with Crippen LogP contribution in [0.2, 0.25) is 0 Å². The van der Waals surface area contributed by atoms with E-state index in [2.05, 4.69) is 51.2 Å². The summed E-state index contributed by atoms with van der Waals surface area (Å²) in [5.41, 5.74) is 3.78. The summed E-state index contributed by atoms with van der Waals surface area (Å²) in [6.07, 6.45) is 4.13. The maximum absolute atomic E-state index is 5.84. The highest BCUT2D eigenvalue weighted by Crippen LogP contribution is 2.32. The highest BCUT2D eigenvalue weighted by molar-refractivity contribution is 5.84. The molecule has 0 radical (unpaired) electrons. The first kappa shape index (κ1) is 14.1. The Morgan fingerprint density at radius 1 is 1.16 bits per heavy atom. The number of hydrogen-bond donors (Lipinski definition) is 1. The van der Waals surface area contributed by atoms with Crippen LogP contribution in [0.4, 0.5) is 0 Å². The van der Waals surface area contributed by atoms with Gasteiger partial charge < -0.3 is 9.73 Å². The van der Waals surface area contributed by atoms with Crippen molar-refractivity contribution in [1.82, 2.24) is 5.32 Å². The van der Waals surface area contributed by atoms with Gasteiger partial charge >= 0.3 is 0 Å². The van der Waals surface area contributed by atoms with Crippen LogP contribution in [0.25, 0.3) is 11.0 Å². The standard InChI is InChI=1S/C17H25NO/c1-5-10-18-11-9-13-12-19-16-14(13)7-6-8-15(16)17(2,3)4/h6-8,12,18H,5,9-11H2,1-4H3. The van der Waals surface area contributed by atoms with Crippen molar-refractivity contribution in [3.8, 4) is 0 Å². The second-order valence-electron chi connectivity index (χ2n) is 6.19. The molecular formula is C17H25NO. The van der Waals surface area contributed by atoms with E-state index in [9.17, 15) is 0 Å². The number of nitrogens with one attached hydrogen (secondary N) is 1. The first-order chi connectivity index (χ1) is 9.04. The van der Waals surface area contributed by atoms with Crippen molar-refractivity contribution < 1.29 is 4.42 Å². The number of furan rings is 1. The van der Waals surface area contributed by atoms with Crippen LogP contribution in [0.5, 0.6) is 0 Å². The molecule has 0 bridgehead atoms. The van der Waals surface area contributed by atoms with Gasteiger partial charge in [-0.25, -0.2) is 0 Å². The average molecular weight is 259 g/mol. The minimum absolute atomic E-state index is 0.120. The van der Waals surface area contributed by atoms with Gasteiger partial charge in [0.25, 0.3) is 0 Å². The Labute approximate surface area is 116 Å². The molecule has 0 spiro atoms. The zero-order valence-corrected chi connectivity index (χ0v) is 12.5. The van der Waals surface area contributed by atoms with E-state index in [1.54, 1.807) is 0 Å². The molecule has 0 fully saturated rings. The van der Waals surface area contributed by atoms with Crippen LogP contribution in [0.1, 0.15) is 45.2 Å². The normalized spacial score (nSPS) is 12.2. The lowest BCUT2D eigenvalue weighted by Crippen LogP contribution is -2.17. The molecule has 0 aliphatic carbocycles. The molecule has 0 aliphatic heterocycles. The molecule has 2 aromatic rings. The van der Waals surface area contributed by atoms with Crippen molar-refractivity contribution in [2.75, 3.05) is 13.1 Å². The van der Waals surface area contributed by atoms with Gasteiger partial charge in [-0.05, 0) is 36.9 Å². The molecule has 1 aromatic carbocycles. The summed E-state index contributed by atoms with van der Waals surface area (Å²) in [5.74, 6) is 0. The van der Waals surface area contributed by atoms with Crippen LogP contribution < -0.4 is 5.32 Å². The van der Waals surface area contributed by atoms with Gasteiger partial charge in [-0.15, -0.1) is 0 Å². The van der Waals surface area contributed by atoms with Gasteiger partial charge in [-0.1, -0.05) is 45.9 Å². The molecule has 1 aromatic heterocycles. The summed E-state index contributed by atoms with van der Waals surface area (Å²) in [7, 11) is 0. The van der Waals surface area contributed by atoms with Gasteiger partial charge in [0.05, 0.1) is 6.26 Å². The molecule has 2 nitrogen and oxygen atoms in total. The monoisotopic (exact) mass is 259 g/mol. The summed E-state index contributed by atoms with van der Waals surface area (Å²) in [5, 5.41) is 4.71. The van der Waals surface area contributed by atoms with Crippen LogP contribution >= 0.6 is 0 Å². The fourth-order valence-electron chi connectivity index (χ4n) is 2.42. The van der Waals surface area contributed by atoms with Crippen LogP contribution in [0, 0.1) is 0 Å². The third kappa shape index (κ3) is 3.19. The number of benzene rings is 1. The van der Waals surface area contributed by atoms with Crippen LogP contribution in [-0.2, 0) is 11.8 Å². The summed E-state index contributed by atoms with van der Waals surface area (Å²) in [6.45, 7) is 11.0. The van der Waals surface area contributed by atoms with Crippen LogP contribution in [0.3, 0.4) is 0 Å². The minimum atomic E-state index is 0.120. The van der Waals surface area contributed by atoms with Gasteiger partial charge in [0, 0.05) is 10.9 Å². The average Bonchev–Trinajstić information content (AvgIpc) is 2.76. The number of hydrogen-bond acceptors (Lipinski definition) is 2. The molecule has 2 rings (SSSR count). The second kappa shape index (κ2) is 5.79. The van der Waals surface area contributed by atoms with Gasteiger partial charge in [-0.3, -0.25) is 0 Å². The molecular weight excluding hydrogens is 234 g/mol. The molecule has 1 N–H and O–H groups in total. The fourth-order valence-corrected chi connectivity index (χ4v) is 2.42. The zero-order chi connectivity index (χ0) is 13.9. The molecule has 1 heterocycles. The fraction of sp³-hybridized carbons (Fsp3) is 0.529. The SMILES string of the molecule is CCCNCCc1coc2c(C(C)(C)C)cccc12. The third-order valence-corrected chi connectivity index (χ3v) is 3.49. The quantitative estimate of drug-likeness (QED) is 0.811. The highest BCUT2D eigenvalue weighted by Gasteiger charge is 2.19.